The first-order valence-electron chi connectivity index (χ1n) is 10.3. The summed E-state index contributed by atoms with van der Waals surface area (Å²) in [5, 5.41) is 2.95. The Bertz CT molecular complexity index is 1090. The summed E-state index contributed by atoms with van der Waals surface area (Å²) in [7, 11) is 0. The van der Waals surface area contributed by atoms with Gasteiger partial charge in [-0.3, -0.25) is 4.79 Å². The summed E-state index contributed by atoms with van der Waals surface area (Å²) in [5.41, 5.74) is 0.633. The summed E-state index contributed by atoms with van der Waals surface area (Å²) in [5.74, 6) is 1.27. The van der Waals surface area contributed by atoms with Crippen molar-refractivity contribution in [1.29, 1.82) is 0 Å². The molecule has 2 aromatic heterocycles. The van der Waals surface area contributed by atoms with Crippen molar-refractivity contribution in [3.05, 3.63) is 77.4 Å². The topological polar surface area (TPSA) is 71.0 Å². The molecule has 1 amide bonds. The fourth-order valence-corrected chi connectivity index (χ4v) is 3.80. The SMILES string of the molecule is Cc1nc(Nc2ccc(C(F)(F)F)cn2)cc(C2CCCN(C(=O)c3ccccc3)C2)n1. The minimum absolute atomic E-state index is 0.00613. The second kappa shape index (κ2) is 8.94. The summed E-state index contributed by atoms with van der Waals surface area (Å²) < 4.78 is 38.2. The van der Waals surface area contributed by atoms with Gasteiger partial charge in [0, 0.05) is 36.8 Å². The molecule has 1 atom stereocenters. The van der Waals surface area contributed by atoms with E-state index in [0.29, 0.717) is 30.3 Å². The van der Waals surface area contributed by atoms with E-state index in [1.165, 1.54) is 6.07 Å². The number of carbonyl (C=O) groups is 1. The molecule has 166 valence electrons. The number of nitrogens with one attached hydrogen (secondary N) is 1. The number of hydrogen-bond donors (Lipinski definition) is 1. The van der Waals surface area contributed by atoms with E-state index in [4.69, 9.17) is 0 Å². The van der Waals surface area contributed by atoms with Crippen LogP contribution in [0.2, 0.25) is 0 Å². The van der Waals surface area contributed by atoms with Crippen molar-refractivity contribution in [2.45, 2.75) is 31.9 Å². The molecule has 1 fully saturated rings. The highest BCUT2D eigenvalue weighted by Gasteiger charge is 2.31. The standard InChI is InChI=1S/C23H22F3N5O/c1-15-28-19(12-21(29-15)30-20-10-9-18(13-27-20)23(24,25)26)17-8-5-11-31(14-17)22(32)16-6-3-2-4-7-16/h2-4,6-7,9-10,12-13,17H,5,8,11,14H2,1H3,(H,27,28,29,30). The first-order valence-corrected chi connectivity index (χ1v) is 10.3. The van der Waals surface area contributed by atoms with Crippen LogP contribution in [0, 0.1) is 6.92 Å². The number of alkyl halides is 3. The smallest absolute Gasteiger partial charge is 0.338 e. The maximum absolute atomic E-state index is 12.8. The largest absolute Gasteiger partial charge is 0.417 e. The monoisotopic (exact) mass is 441 g/mol. The van der Waals surface area contributed by atoms with Gasteiger partial charge in [-0.2, -0.15) is 13.2 Å². The minimum atomic E-state index is -4.44. The third kappa shape index (κ3) is 5.04. The van der Waals surface area contributed by atoms with Gasteiger partial charge in [0.15, 0.2) is 0 Å². The lowest BCUT2D eigenvalue weighted by molar-refractivity contribution is -0.137. The van der Waals surface area contributed by atoms with Gasteiger partial charge in [0.2, 0.25) is 0 Å². The molecule has 3 heterocycles. The molecular weight excluding hydrogens is 419 g/mol. The van der Waals surface area contributed by atoms with E-state index in [0.717, 1.165) is 30.8 Å². The molecule has 1 N–H and O–H groups in total. The number of hydrogen-bond acceptors (Lipinski definition) is 5. The molecule has 6 nitrogen and oxygen atoms in total. The molecule has 1 unspecified atom stereocenters. The number of benzene rings is 1. The Morgan fingerprint density at radius 1 is 1.09 bits per heavy atom. The second-order valence-corrected chi connectivity index (χ2v) is 7.74. The molecule has 0 aliphatic carbocycles. The molecule has 9 heteroatoms. The third-order valence-electron chi connectivity index (χ3n) is 5.35. The average molecular weight is 441 g/mol. The van der Waals surface area contributed by atoms with Crippen molar-refractivity contribution in [3.8, 4) is 0 Å². The maximum atomic E-state index is 12.8. The lowest BCUT2D eigenvalue weighted by Gasteiger charge is -2.32. The van der Waals surface area contributed by atoms with Crippen LogP contribution in [0.15, 0.2) is 54.7 Å². The van der Waals surface area contributed by atoms with Crippen molar-refractivity contribution in [2.24, 2.45) is 0 Å². The van der Waals surface area contributed by atoms with Gasteiger partial charge in [-0.15, -0.1) is 0 Å². The lowest BCUT2D eigenvalue weighted by atomic mass is 9.94. The zero-order chi connectivity index (χ0) is 22.7. The summed E-state index contributed by atoms with van der Waals surface area (Å²) in [6.45, 7) is 2.99. The number of aromatic nitrogens is 3. The van der Waals surface area contributed by atoms with Crippen LogP contribution in [0.1, 0.15) is 46.2 Å². The molecule has 4 rings (SSSR count). The highest BCUT2D eigenvalue weighted by molar-refractivity contribution is 5.94. The third-order valence-corrected chi connectivity index (χ3v) is 5.35. The van der Waals surface area contributed by atoms with E-state index in [9.17, 15) is 18.0 Å². The number of piperidine rings is 1. The van der Waals surface area contributed by atoms with E-state index in [2.05, 4.69) is 20.3 Å². The first-order chi connectivity index (χ1) is 15.3. The molecule has 0 bridgehead atoms. The summed E-state index contributed by atoms with van der Waals surface area (Å²) in [6.07, 6.45) is -1.91. The van der Waals surface area contributed by atoms with Crippen molar-refractivity contribution in [1.82, 2.24) is 19.9 Å². The minimum Gasteiger partial charge on any atom is -0.338 e. The van der Waals surface area contributed by atoms with Gasteiger partial charge < -0.3 is 10.2 Å². The number of carbonyl (C=O) groups excluding carboxylic acids is 1. The van der Waals surface area contributed by atoms with Crippen LogP contribution in [-0.4, -0.2) is 38.8 Å². The van der Waals surface area contributed by atoms with E-state index in [1.54, 1.807) is 25.1 Å². The van der Waals surface area contributed by atoms with Crippen LogP contribution in [-0.2, 0) is 6.18 Å². The molecule has 1 aromatic carbocycles. The first kappa shape index (κ1) is 21.7. The number of rotatable bonds is 4. The number of amides is 1. The highest BCUT2D eigenvalue weighted by atomic mass is 19.4. The van der Waals surface area contributed by atoms with Crippen LogP contribution in [0.25, 0.3) is 0 Å². The zero-order valence-corrected chi connectivity index (χ0v) is 17.4. The number of pyridine rings is 1. The predicted molar refractivity (Wildman–Crippen MR) is 114 cm³/mol. The zero-order valence-electron chi connectivity index (χ0n) is 17.4. The molecule has 0 spiro atoms. The number of nitrogens with zero attached hydrogens (tertiary/aromatic N) is 4. The van der Waals surface area contributed by atoms with E-state index in [1.807, 2.05) is 23.1 Å². The summed E-state index contributed by atoms with van der Waals surface area (Å²) in [4.78, 5) is 27.4. The Balaban J connectivity index is 1.50. The summed E-state index contributed by atoms with van der Waals surface area (Å²) >= 11 is 0. The summed E-state index contributed by atoms with van der Waals surface area (Å²) in [6, 6.07) is 13.2. The molecule has 0 saturated carbocycles. The number of anilines is 2. The Morgan fingerprint density at radius 3 is 2.56 bits per heavy atom. The van der Waals surface area contributed by atoms with Gasteiger partial charge >= 0.3 is 6.18 Å². The Labute approximate surface area is 183 Å². The van der Waals surface area contributed by atoms with Gasteiger partial charge in [-0.25, -0.2) is 15.0 Å². The quantitative estimate of drug-likeness (QED) is 0.620. The fraction of sp³-hybridized carbons (Fsp3) is 0.304. The van der Waals surface area contributed by atoms with Crippen LogP contribution >= 0.6 is 0 Å². The van der Waals surface area contributed by atoms with Crippen LogP contribution in [0.4, 0.5) is 24.8 Å². The number of likely N-dealkylation sites (tertiary alicyclic amines) is 1. The van der Waals surface area contributed by atoms with Crippen molar-refractivity contribution < 1.29 is 18.0 Å². The Kier molecular flexibility index (Phi) is 6.07. The molecular formula is C23H22F3N5O. The van der Waals surface area contributed by atoms with E-state index < -0.39 is 11.7 Å². The molecule has 0 radical (unpaired) electrons. The van der Waals surface area contributed by atoms with Crippen LogP contribution in [0.5, 0.6) is 0 Å². The van der Waals surface area contributed by atoms with Crippen LogP contribution < -0.4 is 5.32 Å². The fourth-order valence-electron chi connectivity index (χ4n) is 3.80. The Morgan fingerprint density at radius 2 is 1.88 bits per heavy atom. The molecule has 32 heavy (non-hydrogen) atoms. The van der Waals surface area contributed by atoms with Crippen LogP contribution in [0.3, 0.4) is 0 Å². The number of aryl methyl sites for hydroxylation is 1. The molecule has 3 aromatic rings. The molecule has 1 saturated heterocycles. The van der Waals surface area contributed by atoms with Gasteiger partial charge in [0.25, 0.3) is 5.91 Å². The van der Waals surface area contributed by atoms with E-state index in [-0.39, 0.29) is 17.6 Å². The second-order valence-electron chi connectivity index (χ2n) is 7.74. The van der Waals surface area contributed by atoms with Gasteiger partial charge in [0.05, 0.1) is 11.3 Å². The molecule has 1 aliphatic heterocycles. The van der Waals surface area contributed by atoms with E-state index >= 15 is 0 Å². The lowest BCUT2D eigenvalue weighted by Crippen LogP contribution is -2.39. The average Bonchev–Trinajstić information content (AvgIpc) is 2.78. The van der Waals surface area contributed by atoms with Gasteiger partial charge in [0.1, 0.15) is 17.5 Å². The highest BCUT2D eigenvalue weighted by Crippen LogP contribution is 2.30. The van der Waals surface area contributed by atoms with Gasteiger partial charge in [-0.1, -0.05) is 18.2 Å². The van der Waals surface area contributed by atoms with Crippen molar-refractivity contribution in [3.63, 3.8) is 0 Å². The molecule has 1 aliphatic rings. The number of halogens is 3. The Hall–Kier alpha value is -3.49. The normalized spacial score (nSPS) is 16.6. The predicted octanol–water partition coefficient (Wildman–Crippen LogP) is 4.96. The van der Waals surface area contributed by atoms with Crippen molar-refractivity contribution >= 4 is 17.5 Å². The van der Waals surface area contributed by atoms with Crippen molar-refractivity contribution in [2.75, 3.05) is 18.4 Å². The van der Waals surface area contributed by atoms with Gasteiger partial charge in [-0.05, 0) is 44.0 Å². The maximum Gasteiger partial charge on any atom is 0.417 e.